The number of likely N-dealkylation sites (tertiary alicyclic amines) is 8. The zero-order chi connectivity index (χ0) is 78.3. The molecule has 12 rings (SSSR count). The Morgan fingerprint density at radius 2 is 0.738 bits per heavy atom. The fraction of sp³-hybridized carbons (Fsp3) is 0.690. The molecule has 4 aromatic rings. The molecule has 8 atom stereocenters. The van der Waals surface area contributed by atoms with E-state index in [1.807, 2.05) is 55.4 Å². The van der Waals surface area contributed by atoms with Gasteiger partial charge >= 0.3 is 6.09 Å². The van der Waals surface area contributed by atoms with Gasteiger partial charge in [-0.1, -0.05) is 69.2 Å². The Hall–Kier alpha value is -10.1. The van der Waals surface area contributed by atoms with Gasteiger partial charge in [0.15, 0.2) is 0 Å². The fourth-order valence-electron chi connectivity index (χ4n) is 15.3. The first-order valence-electron chi connectivity index (χ1n) is 36.8. The monoisotopic (exact) mass is 1490 g/mol. The van der Waals surface area contributed by atoms with E-state index in [0.717, 1.165) is 25.7 Å². The number of hydrogen-bond donors (Lipinski definition) is 4. The van der Waals surface area contributed by atoms with E-state index in [9.17, 15) is 57.5 Å². The molecule has 12 heterocycles. The maximum Gasteiger partial charge on any atom is 0.408 e. The quantitative estimate of drug-likeness (QED) is 0.0868. The highest BCUT2D eigenvalue weighted by molar-refractivity contribution is 6.02. The lowest BCUT2D eigenvalue weighted by molar-refractivity contribution is -0.170. The predicted octanol–water partition coefficient (Wildman–Crippen LogP) is 2.17. The molecular formula is C71H104N20O16. The van der Waals surface area contributed by atoms with Crippen molar-refractivity contribution >= 4 is 71.1 Å². The summed E-state index contributed by atoms with van der Waals surface area (Å²) in [5, 5.41) is 33.2. The third kappa shape index (κ3) is 17.5. The van der Waals surface area contributed by atoms with Gasteiger partial charge in [0.25, 0.3) is 23.6 Å². The molecule has 584 valence electrons. The van der Waals surface area contributed by atoms with E-state index < -0.39 is 58.0 Å². The van der Waals surface area contributed by atoms with Gasteiger partial charge in [0.05, 0.1) is 52.4 Å². The highest BCUT2D eigenvalue weighted by Gasteiger charge is 2.64. The van der Waals surface area contributed by atoms with Crippen molar-refractivity contribution in [3.05, 3.63) is 61.1 Å². The second-order valence-corrected chi connectivity index (χ2v) is 31.4. The molecule has 0 aromatic carbocycles. The summed E-state index contributed by atoms with van der Waals surface area (Å²) in [6.07, 6.45) is 11.9. The minimum absolute atomic E-state index is 0.0481. The molecule has 4 aromatic heterocycles. The second-order valence-electron chi connectivity index (χ2n) is 31.4. The molecule has 4 unspecified atom stereocenters. The van der Waals surface area contributed by atoms with Crippen molar-refractivity contribution in [1.29, 1.82) is 0 Å². The van der Waals surface area contributed by atoms with E-state index in [0.29, 0.717) is 108 Å². The molecular weight excluding hydrogens is 1390 g/mol. The van der Waals surface area contributed by atoms with Gasteiger partial charge in [-0.15, -0.1) is 30.6 Å². The summed E-state index contributed by atoms with van der Waals surface area (Å²) in [5.74, 6) is -0.653. The predicted molar refractivity (Wildman–Crippen MR) is 376 cm³/mol. The van der Waals surface area contributed by atoms with Crippen LogP contribution in [0.1, 0.15) is 179 Å². The van der Waals surface area contributed by atoms with E-state index in [1.165, 1.54) is 33.0 Å². The number of carbonyl (C=O) groups is 12. The number of ether oxygens (including phenoxy) is 1. The molecule has 4 N–H and O–H groups in total. The highest BCUT2D eigenvalue weighted by Crippen LogP contribution is 2.44. The molecule has 8 aliphatic rings. The number of nitrogens with zero attached hydrogens (tertiary/aromatic N) is 16. The number of carbonyl (C=O) groups excluding carboxylic acids is 12. The Bertz CT molecular complexity index is 3850. The van der Waals surface area contributed by atoms with Crippen LogP contribution in [0.5, 0.6) is 0 Å². The van der Waals surface area contributed by atoms with Crippen LogP contribution in [0, 0.1) is 29.6 Å². The minimum atomic E-state index is -0.847. The van der Waals surface area contributed by atoms with E-state index in [2.05, 4.69) is 61.8 Å². The maximum atomic E-state index is 13.3. The average Bonchev–Trinajstić information content (AvgIpc) is 1.72. The van der Waals surface area contributed by atoms with Crippen molar-refractivity contribution in [2.24, 2.45) is 29.6 Å². The van der Waals surface area contributed by atoms with Gasteiger partial charge in [-0.05, 0) is 102 Å². The third-order valence-corrected chi connectivity index (χ3v) is 20.7. The first-order chi connectivity index (χ1) is 50.5. The summed E-state index contributed by atoms with van der Waals surface area (Å²) in [5.41, 5.74) is -3.87. The number of aromatic nitrogens is 8. The largest absolute Gasteiger partial charge is 0.444 e. The van der Waals surface area contributed by atoms with E-state index >= 15 is 0 Å². The molecule has 0 radical (unpaired) electrons. The number of hydrogen-bond acceptors (Lipinski definition) is 24. The van der Waals surface area contributed by atoms with Gasteiger partial charge in [0.1, 0.15) is 57.7 Å². The van der Waals surface area contributed by atoms with E-state index in [1.54, 1.807) is 92.3 Å². The Morgan fingerprint density at radius 3 is 0.991 bits per heavy atom. The molecule has 0 saturated carbocycles. The van der Waals surface area contributed by atoms with Crippen LogP contribution in [-0.4, -0.2) is 255 Å². The SMILES string of the molecule is CC(=O)N[C@H](C(=O)N1CCCC12CN(Cc1ncccn1)C2=O)C(C)C.CC(=O)N[C@H](C(=O)N1CCCC12CN(Cc1nnco1)C2=O)C(C)C.CC(C)C(=O)N[C@H](C(=O)N1CCCC12CN(Cc1nnco1)C2=O)C(C)C.CC(C)[C@H](NC(=O)OC(C)(C)C)C(=O)N1CCCC12CN(Cc1nnco1)C2=O. The lowest BCUT2D eigenvalue weighted by Crippen LogP contribution is -2.73. The molecule has 36 nitrogen and oxygen atoms in total. The van der Waals surface area contributed by atoms with Crippen molar-refractivity contribution in [2.45, 2.75) is 233 Å². The van der Waals surface area contributed by atoms with Crippen molar-refractivity contribution in [3.8, 4) is 0 Å². The average molecular weight is 1490 g/mol. The van der Waals surface area contributed by atoms with Crippen LogP contribution in [-0.2, 0) is 83.7 Å². The molecule has 36 heteroatoms. The smallest absolute Gasteiger partial charge is 0.408 e. The Labute approximate surface area is 621 Å². The van der Waals surface area contributed by atoms with Gasteiger partial charge in [-0.3, -0.25) is 52.7 Å². The molecule has 8 aliphatic heterocycles. The zero-order valence-electron chi connectivity index (χ0n) is 64.0. The second kappa shape index (κ2) is 33.4. The number of alkyl carbamates (subject to hydrolysis) is 1. The van der Waals surface area contributed by atoms with Crippen molar-refractivity contribution in [3.63, 3.8) is 0 Å². The maximum absolute atomic E-state index is 13.3. The highest BCUT2D eigenvalue weighted by atomic mass is 16.6. The molecule has 107 heavy (non-hydrogen) atoms. The van der Waals surface area contributed by atoms with Gasteiger partial charge < -0.3 is 78.5 Å². The summed E-state index contributed by atoms with van der Waals surface area (Å²) in [7, 11) is 0. The Balaban J connectivity index is 0.000000165. The summed E-state index contributed by atoms with van der Waals surface area (Å²) in [4.78, 5) is 173. The normalized spacial score (nSPS) is 23.3. The standard InChI is InChI=1S/C19H29N5O5.C18H27N5O4.C18H25N5O3.C16H23N5O4/c1-12(2)14(21-17(27)29-18(3,4)5)15(25)24-8-6-7-19(24)10-23(16(19)26)9-13-22-20-11-28-13;1-11(2)14(20-15(24)12(3)4)16(25)23-7-5-6-18(23)9-22(17(18)26)8-13-21-19-10-27-13;1-12(2)15(21-13(3)24)16(25)23-9-4-6-18(23)11-22(17(18)26)10-14-19-7-5-8-20-14;1-10(2)13(18-11(3)22)14(23)21-6-4-5-16(21)8-20(15(16)24)7-12-19-17-9-25-12/h11-12,14H,6-10H2,1-5H3,(H,21,27);10-12,14H,5-9H2,1-4H3,(H,20,24);5,7-8,12,15H,4,6,9-11H2,1-3H3,(H,21,24);9-10,13H,4-8H2,1-3H3,(H,18,22)/t14-,19?;14-,18?;15-,18?;13-,16?/m0000/s1. The summed E-state index contributed by atoms with van der Waals surface area (Å²) < 4.78 is 20.6. The topological polar surface area (TPSA) is 431 Å². The van der Waals surface area contributed by atoms with Crippen LogP contribution in [0.3, 0.4) is 0 Å². The van der Waals surface area contributed by atoms with Crippen LogP contribution in [0.4, 0.5) is 4.79 Å². The molecule has 12 amide bonds. The number of nitrogens with one attached hydrogen (secondary N) is 4. The van der Waals surface area contributed by atoms with Gasteiger partial charge in [0, 0.05) is 58.3 Å². The van der Waals surface area contributed by atoms with Gasteiger partial charge in [0.2, 0.25) is 78.2 Å². The Kier molecular flexibility index (Phi) is 25.3. The Morgan fingerprint density at radius 1 is 0.449 bits per heavy atom. The number of amides is 12. The fourth-order valence-corrected chi connectivity index (χ4v) is 15.3. The number of β-lactam (4-membered cyclic amide) rings is 4. The lowest BCUT2D eigenvalue weighted by Gasteiger charge is -2.51. The van der Waals surface area contributed by atoms with Crippen LogP contribution >= 0.6 is 0 Å². The van der Waals surface area contributed by atoms with Crippen molar-refractivity contribution in [1.82, 2.24) is 101 Å². The van der Waals surface area contributed by atoms with E-state index in [4.69, 9.17) is 18.0 Å². The van der Waals surface area contributed by atoms with Crippen LogP contribution < -0.4 is 21.3 Å². The van der Waals surface area contributed by atoms with Crippen LogP contribution in [0.2, 0.25) is 0 Å². The first kappa shape index (κ1) is 81.0. The van der Waals surface area contributed by atoms with Gasteiger partial charge in [-0.25, -0.2) is 14.8 Å². The van der Waals surface area contributed by atoms with Crippen LogP contribution in [0.25, 0.3) is 0 Å². The lowest BCUT2D eigenvalue weighted by atomic mass is 9.84. The molecule has 0 aliphatic carbocycles. The number of rotatable bonds is 21. The molecule has 0 bridgehead atoms. The van der Waals surface area contributed by atoms with Gasteiger partial charge in [-0.2, -0.15) is 0 Å². The third-order valence-electron chi connectivity index (χ3n) is 20.7. The van der Waals surface area contributed by atoms with Crippen LogP contribution in [0.15, 0.2) is 50.9 Å². The minimum Gasteiger partial charge on any atom is -0.444 e. The summed E-state index contributed by atoms with van der Waals surface area (Å²) in [6, 6.07) is -0.897. The first-order valence-corrected chi connectivity index (χ1v) is 36.8. The molecule has 8 saturated heterocycles. The van der Waals surface area contributed by atoms with Crippen molar-refractivity contribution in [2.75, 3.05) is 52.4 Å². The zero-order valence-corrected chi connectivity index (χ0v) is 64.0. The summed E-state index contributed by atoms with van der Waals surface area (Å²) in [6.45, 7) is 31.7. The molecule has 8 fully saturated rings. The van der Waals surface area contributed by atoms with E-state index in [-0.39, 0.29) is 114 Å². The van der Waals surface area contributed by atoms with Crippen molar-refractivity contribution < 1.29 is 75.5 Å². The molecule has 4 spiro atoms. The summed E-state index contributed by atoms with van der Waals surface area (Å²) >= 11 is 0.